The number of nitrogens with two attached hydrogens (primary N) is 1. The standard InChI is InChI=1S/C20H23N5O2S/c1-13-8-14(2)10-16(9-13)27-11-18-23-24-20(25(18)21)28-12-19(26)22-17-7-5-4-6-15(17)3/h4-10H,11-12,21H2,1-3H3,(H,22,26). The summed E-state index contributed by atoms with van der Waals surface area (Å²) < 4.78 is 7.13. The maximum Gasteiger partial charge on any atom is 0.234 e. The Morgan fingerprint density at radius 2 is 1.86 bits per heavy atom. The number of ether oxygens (including phenoxy) is 1. The number of carbonyl (C=O) groups excluding carboxylic acids is 1. The van der Waals surface area contributed by atoms with Crippen LogP contribution >= 0.6 is 11.8 Å². The van der Waals surface area contributed by atoms with Crippen molar-refractivity contribution in [2.24, 2.45) is 0 Å². The predicted octanol–water partition coefficient (Wildman–Crippen LogP) is 3.23. The normalized spacial score (nSPS) is 10.7. The number of nitrogens with one attached hydrogen (secondary N) is 1. The van der Waals surface area contributed by atoms with Crippen LogP contribution in [-0.2, 0) is 11.4 Å². The topological polar surface area (TPSA) is 95.1 Å². The molecule has 3 N–H and O–H groups in total. The lowest BCUT2D eigenvalue weighted by molar-refractivity contribution is -0.113. The molecule has 2 aromatic carbocycles. The third-order valence-electron chi connectivity index (χ3n) is 4.05. The summed E-state index contributed by atoms with van der Waals surface area (Å²) in [6.45, 7) is 6.17. The second-order valence-corrected chi connectivity index (χ2v) is 7.48. The van der Waals surface area contributed by atoms with E-state index < -0.39 is 0 Å². The Bertz CT molecular complexity index is 966. The van der Waals surface area contributed by atoms with Gasteiger partial charge in [-0.15, -0.1) is 10.2 Å². The van der Waals surface area contributed by atoms with Crippen LogP contribution in [-0.4, -0.2) is 26.5 Å². The highest BCUT2D eigenvalue weighted by Crippen LogP contribution is 2.20. The van der Waals surface area contributed by atoms with Crippen molar-refractivity contribution < 1.29 is 9.53 Å². The van der Waals surface area contributed by atoms with E-state index in [1.807, 2.05) is 57.2 Å². The van der Waals surface area contributed by atoms with E-state index in [9.17, 15) is 4.79 Å². The van der Waals surface area contributed by atoms with Crippen LogP contribution in [0.1, 0.15) is 22.5 Å². The highest BCUT2D eigenvalue weighted by Gasteiger charge is 2.13. The summed E-state index contributed by atoms with van der Waals surface area (Å²) in [7, 11) is 0. The van der Waals surface area contributed by atoms with Gasteiger partial charge in [0.1, 0.15) is 12.4 Å². The highest BCUT2D eigenvalue weighted by atomic mass is 32.2. The van der Waals surface area contributed by atoms with Crippen LogP contribution in [0.5, 0.6) is 5.75 Å². The Labute approximate surface area is 168 Å². The van der Waals surface area contributed by atoms with Crippen molar-refractivity contribution in [3.05, 3.63) is 65.0 Å². The minimum atomic E-state index is -0.129. The molecule has 0 unspecified atom stereocenters. The molecule has 1 heterocycles. The maximum absolute atomic E-state index is 12.2. The molecule has 0 fully saturated rings. The third-order valence-corrected chi connectivity index (χ3v) is 4.99. The number of para-hydroxylation sites is 1. The fourth-order valence-electron chi connectivity index (χ4n) is 2.70. The zero-order valence-corrected chi connectivity index (χ0v) is 16.9. The lowest BCUT2D eigenvalue weighted by atomic mass is 10.1. The number of nitrogen functional groups attached to an aromatic ring is 1. The average molecular weight is 398 g/mol. The van der Waals surface area contributed by atoms with Crippen LogP contribution in [0.15, 0.2) is 47.6 Å². The summed E-state index contributed by atoms with van der Waals surface area (Å²) >= 11 is 1.22. The molecule has 1 aromatic heterocycles. The number of aromatic nitrogens is 3. The minimum absolute atomic E-state index is 0.129. The van der Waals surface area contributed by atoms with Crippen molar-refractivity contribution >= 4 is 23.4 Å². The number of anilines is 1. The van der Waals surface area contributed by atoms with Gasteiger partial charge >= 0.3 is 0 Å². The first-order chi connectivity index (χ1) is 13.4. The van der Waals surface area contributed by atoms with Crippen LogP contribution in [0, 0.1) is 20.8 Å². The Kier molecular flexibility index (Phi) is 6.20. The van der Waals surface area contributed by atoms with Crippen molar-refractivity contribution in [2.75, 3.05) is 16.9 Å². The van der Waals surface area contributed by atoms with E-state index in [2.05, 4.69) is 21.6 Å². The molecule has 7 nitrogen and oxygen atoms in total. The van der Waals surface area contributed by atoms with Gasteiger partial charge in [-0.3, -0.25) is 4.79 Å². The van der Waals surface area contributed by atoms with E-state index in [-0.39, 0.29) is 18.3 Å². The monoisotopic (exact) mass is 397 g/mol. The molecule has 1 amide bonds. The number of thioether (sulfide) groups is 1. The number of carbonyl (C=O) groups is 1. The molecule has 0 aliphatic rings. The summed E-state index contributed by atoms with van der Waals surface area (Å²) in [5.41, 5.74) is 4.05. The second kappa shape index (κ2) is 8.79. The molecule has 0 radical (unpaired) electrons. The molecule has 0 bridgehead atoms. The van der Waals surface area contributed by atoms with Gasteiger partial charge in [-0.25, -0.2) is 4.68 Å². The van der Waals surface area contributed by atoms with Crippen molar-refractivity contribution in [1.82, 2.24) is 14.9 Å². The third kappa shape index (κ3) is 5.04. The van der Waals surface area contributed by atoms with Crippen LogP contribution in [0.2, 0.25) is 0 Å². The predicted molar refractivity (Wildman–Crippen MR) is 111 cm³/mol. The van der Waals surface area contributed by atoms with Crippen LogP contribution in [0.4, 0.5) is 5.69 Å². The summed E-state index contributed by atoms with van der Waals surface area (Å²) in [6, 6.07) is 13.6. The van der Waals surface area contributed by atoms with E-state index in [0.717, 1.165) is 28.1 Å². The molecule has 0 saturated heterocycles. The molecule has 3 rings (SSSR count). The van der Waals surface area contributed by atoms with E-state index in [1.165, 1.54) is 16.4 Å². The smallest absolute Gasteiger partial charge is 0.234 e. The molecule has 28 heavy (non-hydrogen) atoms. The molecule has 0 aliphatic heterocycles. The largest absolute Gasteiger partial charge is 0.486 e. The van der Waals surface area contributed by atoms with Crippen LogP contribution in [0.3, 0.4) is 0 Å². The van der Waals surface area contributed by atoms with E-state index in [4.69, 9.17) is 10.6 Å². The van der Waals surface area contributed by atoms with Gasteiger partial charge in [0, 0.05) is 5.69 Å². The molecule has 146 valence electrons. The van der Waals surface area contributed by atoms with Gasteiger partial charge in [-0.1, -0.05) is 36.0 Å². The van der Waals surface area contributed by atoms with Gasteiger partial charge in [-0.05, 0) is 55.7 Å². The van der Waals surface area contributed by atoms with Crippen molar-refractivity contribution in [3.63, 3.8) is 0 Å². The fourth-order valence-corrected chi connectivity index (χ4v) is 3.37. The number of rotatable bonds is 7. The zero-order valence-electron chi connectivity index (χ0n) is 16.1. The van der Waals surface area contributed by atoms with Crippen molar-refractivity contribution in [2.45, 2.75) is 32.5 Å². The van der Waals surface area contributed by atoms with E-state index in [1.54, 1.807) is 0 Å². The van der Waals surface area contributed by atoms with E-state index >= 15 is 0 Å². The average Bonchev–Trinajstić information content (AvgIpc) is 2.99. The molecular weight excluding hydrogens is 374 g/mol. The number of nitrogens with zero attached hydrogens (tertiary/aromatic N) is 3. The Morgan fingerprint density at radius 1 is 1.14 bits per heavy atom. The summed E-state index contributed by atoms with van der Waals surface area (Å²) in [5, 5.41) is 11.5. The molecule has 0 aliphatic carbocycles. The van der Waals surface area contributed by atoms with Gasteiger partial charge in [0.05, 0.1) is 5.75 Å². The number of benzene rings is 2. The molecular formula is C20H23N5O2S. The number of amides is 1. The maximum atomic E-state index is 12.2. The van der Waals surface area contributed by atoms with Gasteiger partial charge < -0.3 is 15.9 Å². The van der Waals surface area contributed by atoms with Crippen LogP contribution < -0.4 is 15.9 Å². The molecule has 0 atom stereocenters. The summed E-state index contributed by atoms with van der Waals surface area (Å²) in [4.78, 5) is 12.2. The number of hydrogen-bond acceptors (Lipinski definition) is 6. The van der Waals surface area contributed by atoms with Crippen molar-refractivity contribution in [3.8, 4) is 5.75 Å². The van der Waals surface area contributed by atoms with Gasteiger partial charge in [0.25, 0.3) is 0 Å². The zero-order chi connectivity index (χ0) is 20.1. The van der Waals surface area contributed by atoms with Crippen LogP contribution in [0.25, 0.3) is 0 Å². The van der Waals surface area contributed by atoms with Gasteiger partial charge in [-0.2, -0.15) is 0 Å². The minimum Gasteiger partial charge on any atom is -0.486 e. The lowest BCUT2D eigenvalue weighted by Crippen LogP contribution is -2.18. The summed E-state index contributed by atoms with van der Waals surface area (Å²) in [6.07, 6.45) is 0. The molecule has 8 heteroatoms. The first-order valence-corrected chi connectivity index (χ1v) is 9.79. The fraction of sp³-hybridized carbons (Fsp3) is 0.250. The number of hydrogen-bond donors (Lipinski definition) is 2. The van der Waals surface area contributed by atoms with Gasteiger partial charge in [0.15, 0.2) is 5.82 Å². The molecule has 0 saturated carbocycles. The first kappa shape index (κ1) is 19.8. The van der Waals surface area contributed by atoms with E-state index in [0.29, 0.717) is 11.0 Å². The second-order valence-electron chi connectivity index (χ2n) is 6.53. The molecule has 3 aromatic rings. The quantitative estimate of drug-likeness (QED) is 0.469. The Morgan fingerprint density at radius 3 is 2.57 bits per heavy atom. The first-order valence-electron chi connectivity index (χ1n) is 8.81. The van der Waals surface area contributed by atoms with Crippen molar-refractivity contribution in [1.29, 1.82) is 0 Å². The Balaban J connectivity index is 1.55. The lowest BCUT2D eigenvalue weighted by Gasteiger charge is -2.09. The highest BCUT2D eigenvalue weighted by molar-refractivity contribution is 7.99. The molecule has 0 spiro atoms. The number of aryl methyl sites for hydroxylation is 3. The Hall–Kier alpha value is -3.00. The van der Waals surface area contributed by atoms with Gasteiger partial charge in [0.2, 0.25) is 11.1 Å². The SMILES string of the molecule is Cc1cc(C)cc(OCc2nnc(SCC(=O)Nc3ccccc3C)n2N)c1. The summed E-state index contributed by atoms with van der Waals surface area (Å²) in [5.74, 6) is 7.35.